The maximum Gasteiger partial charge on any atom is 0.309 e. The van der Waals surface area contributed by atoms with E-state index in [1.807, 2.05) is 0 Å². The minimum absolute atomic E-state index is 0. The maximum absolute atomic E-state index is 13.9. The molecule has 0 aromatic heterocycles. The van der Waals surface area contributed by atoms with E-state index in [4.69, 9.17) is 9.47 Å². The van der Waals surface area contributed by atoms with Crippen molar-refractivity contribution in [2.24, 2.45) is 62.1 Å². The number of esters is 1. The molecule has 1 heterocycles. The van der Waals surface area contributed by atoms with Crippen LogP contribution in [0.1, 0.15) is 140 Å². The number of carbonyl (C=O) groups is 3. The van der Waals surface area contributed by atoms with Crippen molar-refractivity contribution in [3.05, 3.63) is 11.1 Å². The SMILES string of the molecule is C.CC(C)C1=C2[C@H]3CC[C@@H]4[C@@]5(C)CC[C@H](OC(=O)CC(C)(C)C(=O)O)C(C)(C)[C@@H]5CC[C@@]4(C)[C@]3(C)CC[C@@]2(CCNCC2COC2)CC1=O. The van der Waals surface area contributed by atoms with Crippen LogP contribution in [0.2, 0.25) is 0 Å². The number of carboxylic acid groups (broad SMARTS) is 1. The molecule has 0 radical (unpaired) electrons. The van der Waals surface area contributed by atoms with Crippen molar-refractivity contribution < 1.29 is 29.0 Å². The molecule has 0 spiro atoms. The summed E-state index contributed by atoms with van der Waals surface area (Å²) in [6, 6.07) is 0. The van der Waals surface area contributed by atoms with E-state index in [0.717, 1.165) is 71.2 Å². The molecule has 7 heteroatoms. The Morgan fingerprint density at radius 3 is 2.27 bits per heavy atom. The zero-order valence-electron chi connectivity index (χ0n) is 31.6. The first-order valence-corrected chi connectivity index (χ1v) is 19.3. The molecule has 4 saturated carbocycles. The summed E-state index contributed by atoms with van der Waals surface area (Å²) in [6.07, 6.45) is 10.2. The third-order valence-electron chi connectivity index (χ3n) is 15.9. The number of nitrogens with one attached hydrogen (secondary N) is 1. The monoisotopic (exact) mass is 684 g/mol. The molecular formula is C42H69NO6. The van der Waals surface area contributed by atoms with Crippen molar-refractivity contribution in [3.8, 4) is 0 Å². The van der Waals surface area contributed by atoms with E-state index in [1.165, 1.54) is 18.4 Å². The first-order valence-electron chi connectivity index (χ1n) is 19.3. The highest BCUT2D eigenvalue weighted by Gasteiger charge is 2.70. The van der Waals surface area contributed by atoms with E-state index in [9.17, 15) is 19.5 Å². The fraction of sp³-hybridized carbons (Fsp3) is 0.881. The van der Waals surface area contributed by atoms with Crippen molar-refractivity contribution in [2.45, 2.75) is 146 Å². The average Bonchev–Trinajstić information content (AvgIpc) is 3.25. The summed E-state index contributed by atoms with van der Waals surface area (Å²) in [5.41, 5.74) is 1.86. The molecule has 1 aliphatic heterocycles. The lowest BCUT2D eigenvalue weighted by Crippen LogP contribution is -2.65. The number of ether oxygens (including phenoxy) is 2. The molecule has 2 N–H and O–H groups in total. The van der Waals surface area contributed by atoms with E-state index in [0.29, 0.717) is 35.9 Å². The number of rotatable bonds is 10. The van der Waals surface area contributed by atoms with Gasteiger partial charge in [-0.3, -0.25) is 14.4 Å². The highest BCUT2D eigenvalue weighted by Crippen LogP contribution is 2.77. The van der Waals surface area contributed by atoms with Crippen LogP contribution in [0.15, 0.2) is 11.1 Å². The van der Waals surface area contributed by atoms with Crippen molar-refractivity contribution in [1.82, 2.24) is 5.32 Å². The highest BCUT2D eigenvalue weighted by molar-refractivity contribution is 6.00. The first kappa shape index (κ1) is 38.5. The van der Waals surface area contributed by atoms with Gasteiger partial charge >= 0.3 is 11.9 Å². The molecule has 0 bridgehead atoms. The molecule has 278 valence electrons. The van der Waals surface area contributed by atoms with Gasteiger partial charge in [0.1, 0.15) is 6.10 Å². The van der Waals surface area contributed by atoms with E-state index in [-0.39, 0.29) is 52.9 Å². The summed E-state index contributed by atoms with van der Waals surface area (Å²) < 4.78 is 11.6. The van der Waals surface area contributed by atoms with Gasteiger partial charge in [-0.2, -0.15) is 0 Å². The second-order valence-electron chi connectivity index (χ2n) is 19.5. The third kappa shape index (κ3) is 5.97. The summed E-state index contributed by atoms with van der Waals surface area (Å²) in [4.78, 5) is 38.7. The molecule has 6 rings (SSSR count). The van der Waals surface area contributed by atoms with Crippen LogP contribution in [0, 0.1) is 62.1 Å². The number of fused-ring (bicyclic) bond motifs is 7. The minimum Gasteiger partial charge on any atom is -0.481 e. The molecule has 0 unspecified atom stereocenters. The Morgan fingerprint density at radius 2 is 1.65 bits per heavy atom. The predicted octanol–water partition coefficient (Wildman–Crippen LogP) is 8.64. The fourth-order valence-corrected chi connectivity index (χ4v) is 12.9. The van der Waals surface area contributed by atoms with Crippen LogP contribution in [-0.4, -0.2) is 55.2 Å². The van der Waals surface area contributed by atoms with Crippen molar-refractivity contribution in [1.29, 1.82) is 0 Å². The van der Waals surface area contributed by atoms with Gasteiger partial charge in [0, 0.05) is 29.7 Å². The molecular weight excluding hydrogens is 614 g/mol. The second-order valence-corrected chi connectivity index (χ2v) is 19.5. The molecule has 0 amide bonds. The van der Waals surface area contributed by atoms with Gasteiger partial charge in [-0.15, -0.1) is 0 Å². The number of carboxylic acids is 1. The Kier molecular flexibility index (Phi) is 10.2. The van der Waals surface area contributed by atoms with Gasteiger partial charge in [0.25, 0.3) is 0 Å². The Bertz CT molecular complexity index is 1340. The predicted molar refractivity (Wildman–Crippen MR) is 194 cm³/mol. The van der Waals surface area contributed by atoms with Crippen LogP contribution in [0.5, 0.6) is 0 Å². The van der Waals surface area contributed by atoms with Crippen LogP contribution in [-0.2, 0) is 23.9 Å². The lowest BCUT2D eigenvalue weighted by Gasteiger charge is -2.72. The molecule has 49 heavy (non-hydrogen) atoms. The normalized spacial score (nSPS) is 40.0. The lowest BCUT2D eigenvalue weighted by atomic mass is 9.33. The summed E-state index contributed by atoms with van der Waals surface area (Å²) in [7, 11) is 0. The Labute approximate surface area is 297 Å². The number of Topliss-reactive ketones (excluding diaryl/α,β-unsaturated/α-hetero) is 1. The van der Waals surface area contributed by atoms with Gasteiger partial charge < -0.3 is 19.9 Å². The van der Waals surface area contributed by atoms with Gasteiger partial charge in [0.05, 0.1) is 25.0 Å². The Morgan fingerprint density at radius 1 is 0.959 bits per heavy atom. The molecule has 8 atom stereocenters. The average molecular weight is 684 g/mol. The number of ketones is 1. The second kappa shape index (κ2) is 13.0. The molecule has 0 aromatic rings. The molecule has 0 aromatic carbocycles. The number of aliphatic carboxylic acids is 1. The third-order valence-corrected chi connectivity index (χ3v) is 15.9. The van der Waals surface area contributed by atoms with Crippen LogP contribution >= 0.6 is 0 Å². The summed E-state index contributed by atoms with van der Waals surface area (Å²) in [5.74, 6) is 1.40. The van der Waals surface area contributed by atoms with E-state index < -0.39 is 17.4 Å². The van der Waals surface area contributed by atoms with E-state index in [1.54, 1.807) is 19.4 Å². The van der Waals surface area contributed by atoms with Crippen LogP contribution < -0.4 is 5.32 Å². The van der Waals surface area contributed by atoms with Gasteiger partial charge in [0.15, 0.2) is 5.78 Å². The topological polar surface area (TPSA) is 102 Å². The van der Waals surface area contributed by atoms with Crippen molar-refractivity contribution in [3.63, 3.8) is 0 Å². The van der Waals surface area contributed by atoms with Crippen molar-refractivity contribution in [2.75, 3.05) is 26.3 Å². The molecule has 5 aliphatic carbocycles. The zero-order chi connectivity index (χ0) is 35.1. The Hall–Kier alpha value is -1.73. The number of hydrogen-bond donors (Lipinski definition) is 2. The Balaban J connectivity index is 0.00000468. The minimum atomic E-state index is -1.14. The summed E-state index contributed by atoms with van der Waals surface area (Å²) >= 11 is 0. The lowest BCUT2D eigenvalue weighted by molar-refractivity contribution is -0.233. The smallest absolute Gasteiger partial charge is 0.309 e. The number of allylic oxidation sites excluding steroid dienone is 2. The van der Waals surface area contributed by atoms with Crippen molar-refractivity contribution >= 4 is 17.7 Å². The maximum atomic E-state index is 13.9. The van der Waals surface area contributed by atoms with Crippen LogP contribution in [0.4, 0.5) is 0 Å². The largest absolute Gasteiger partial charge is 0.481 e. The molecule has 7 nitrogen and oxygen atoms in total. The van der Waals surface area contributed by atoms with Crippen LogP contribution in [0.3, 0.4) is 0 Å². The van der Waals surface area contributed by atoms with E-state index >= 15 is 0 Å². The standard InChI is InChI=1S/C41H65NO6.CH4/c1-25(2)33-28(43)20-41(18-19-42-22-26-23-47-24-26)17-16-39(8)27(34(33)41)10-11-30-38(7)14-13-31(48-32(44)21-36(3,4)35(45)46)37(5,6)29(38)12-15-40(30,39)9;/h25-27,29-31,42H,10-24H2,1-9H3,(H,45,46);1H4/t27-,29+,30-,31+,38+,39-,40-,41-;/m1./s1. The molecule has 6 aliphatic rings. The van der Waals surface area contributed by atoms with Gasteiger partial charge in [-0.25, -0.2) is 0 Å². The van der Waals surface area contributed by atoms with Crippen LogP contribution in [0.25, 0.3) is 0 Å². The summed E-state index contributed by atoms with van der Waals surface area (Å²) in [5, 5.41) is 13.3. The number of carbonyl (C=O) groups excluding carboxylic acids is 2. The summed E-state index contributed by atoms with van der Waals surface area (Å²) in [6.45, 7) is 23.8. The fourth-order valence-electron chi connectivity index (χ4n) is 12.9. The quantitative estimate of drug-likeness (QED) is 0.176. The molecule has 5 fully saturated rings. The van der Waals surface area contributed by atoms with E-state index in [2.05, 4.69) is 53.8 Å². The van der Waals surface area contributed by atoms with Gasteiger partial charge in [-0.05, 0) is 124 Å². The first-order chi connectivity index (χ1) is 22.3. The number of hydrogen-bond acceptors (Lipinski definition) is 6. The molecule has 1 saturated heterocycles. The zero-order valence-corrected chi connectivity index (χ0v) is 31.6. The van der Waals surface area contributed by atoms with Gasteiger partial charge in [-0.1, -0.05) is 61.5 Å². The van der Waals surface area contributed by atoms with Gasteiger partial charge in [0.2, 0.25) is 0 Å². The highest BCUT2D eigenvalue weighted by atomic mass is 16.5.